The van der Waals surface area contributed by atoms with Crippen LogP contribution in [0.2, 0.25) is 0 Å². The monoisotopic (exact) mass is 156 g/mol. The normalized spacial score (nSPS) is 77.3. The lowest BCUT2D eigenvalue weighted by atomic mass is 9.83. The first-order valence-electron chi connectivity index (χ1n) is 5.33. The number of fused-ring (bicyclic) bond motifs is 2. The molecule has 12 heavy (non-hydrogen) atoms. The van der Waals surface area contributed by atoms with Crippen molar-refractivity contribution < 1.29 is 0 Å². The predicted molar refractivity (Wildman–Crippen MR) is 46.2 cm³/mol. The van der Waals surface area contributed by atoms with Gasteiger partial charge in [-0.3, -0.25) is 0 Å². The minimum atomic E-state index is 0.977. The Morgan fingerprint density at radius 3 is 1.33 bits per heavy atom. The summed E-state index contributed by atoms with van der Waals surface area (Å²) in [6, 6.07) is 0. The zero-order chi connectivity index (χ0) is 7.45. The van der Waals surface area contributed by atoms with Crippen LogP contribution in [0.1, 0.15) is 0 Å². The largest absolute Gasteiger partial charge is 0.0842 e. The van der Waals surface area contributed by atoms with Gasteiger partial charge in [0.1, 0.15) is 0 Å². The Morgan fingerprint density at radius 1 is 0.417 bits per heavy atom. The number of allylic oxidation sites excluding steroid dienone is 4. The van der Waals surface area contributed by atoms with Crippen LogP contribution in [0.15, 0.2) is 24.3 Å². The van der Waals surface area contributed by atoms with Gasteiger partial charge in [0.25, 0.3) is 0 Å². The van der Waals surface area contributed by atoms with Crippen LogP contribution in [0.3, 0.4) is 0 Å². The molecule has 3 fully saturated rings. The average Bonchev–Trinajstić information content (AvgIpc) is 2.42. The van der Waals surface area contributed by atoms with Crippen molar-refractivity contribution in [1.82, 2.24) is 0 Å². The van der Waals surface area contributed by atoms with E-state index in [2.05, 4.69) is 24.3 Å². The zero-order valence-electron chi connectivity index (χ0n) is 6.93. The topological polar surface area (TPSA) is 0 Å². The van der Waals surface area contributed by atoms with Crippen molar-refractivity contribution in [1.29, 1.82) is 0 Å². The lowest BCUT2D eigenvalue weighted by Gasteiger charge is -2.22. The molecule has 0 atom stereocenters. The predicted octanol–water partition coefficient (Wildman–Crippen LogP) is 2.10. The van der Waals surface area contributed by atoms with Crippen molar-refractivity contribution in [3.8, 4) is 0 Å². The SMILES string of the molecule is C1=CC2C3C=CC4C1C2C1C4C31. The van der Waals surface area contributed by atoms with Crippen molar-refractivity contribution in [3.05, 3.63) is 24.3 Å². The minimum absolute atomic E-state index is 0.977. The van der Waals surface area contributed by atoms with Crippen LogP contribution in [0.25, 0.3) is 0 Å². The maximum absolute atomic E-state index is 2.56. The number of rotatable bonds is 0. The average molecular weight is 156 g/mol. The Hall–Kier alpha value is -0.520. The van der Waals surface area contributed by atoms with Gasteiger partial charge in [-0.2, -0.15) is 0 Å². The molecular weight excluding hydrogens is 144 g/mol. The highest BCUT2D eigenvalue weighted by Gasteiger charge is 2.76. The van der Waals surface area contributed by atoms with E-state index in [1.807, 2.05) is 0 Å². The van der Waals surface area contributed by atoms with Gasteiger partial charge < -0.3 is 0 Å². The van der Waals surface area contributed by atoms with E-state index in [9.17, 15) is 0 Å². The highest BCUT2D eigenvalue weighted by Crippen LogP contribution is 2.80. The Morgan fingerprint density at radius 2 is 0.833 bits per heavy atom. The fourth-order valence-corrected chi connectivity index (χ4v) is 5.26. The van der Waals surface area contributed by atoms with E-state index in [-0.39, 0.29) is 0 Å². The molecular formula is C12H12. The molecule has 0 nitrogen and oxygen atoms in total. The van der Waals surface area contributed by atoms with Crippen LogP contribution in [-0.4, -0.2) is 0 Å². The molecule has 3 saturated carbocycles. The molecule has 60 valence electrons. The van der Waals surface area contributed by atoms with Gasteiger partial charge in [0.2, 0.25) is 0 Å². The Bertz CT molecular complexity index is 308. The molecule has 0 heterocycles. The first-order valence-corrected chi connectivity index (χ1v) is 5.33. The fraction of sp³-hybridized carbons (Fsp3) is 0.667. The molecule has 0 spiro atoms. The molecule has 5 aliphatic rings. The zero-order valence-corrected chi connectivity index (χ0v) is 6.93. The van der Waals surface area contributed by atoms with E-state index >= 15 is 0 Å². The van der Waals surface area contributed by atoms with Crippen molar-refractivity contribution in [2.75, 3.05) is 0 Å². The molecule has 0 amide bonds. The summed E-state index contributed by atoms with van der Waals surface area (Å²) in [5.74, 6) is 8.47. The Kier molecular flexibility index (Phi) is 0.547. The first kappa shape index (κ1) is 5.26. The molecule has 5 rings (SSSR count). The van der Waals surface area contributed by atoms with Gasteiger partial charge in [0.05, 0.1) is 0 Å². The van der Waals surface area contributed by atoms with Gasteiger partial charge in [0.15, 0.2) is 0 Å². The summed E-state index contributed by atoms with van der Waals surface area (Å²) < 4.78 is 0. The quantitative estimate of drug-likeness (QED) is 0.471. The lowest BCUT2D eigenvalue weighted by molar-refractivity contribution is 0.362. The van der Waals surface area contributed by atoms with Crippen LogP contribution in [-0.2, 0) is 0 Å². The second-order valence-electron chi connectivity index (χ2n) is 5.39. The molecule has 0 bridgehead atoms. The fourth-order valence-electron chi connectivity index (χ4n) is 5.26. The third kappa shape index (κ3) is 0.302. The molecule has 0 radical (unpaired) electrons. The summed E-state index contributed by atoms with van der Waals surface area (Å²) >= 11 is 0. The van der Waals surface area contributed by atoms with Crippen LogP contribution >= 0.6 is 0 Å². The van der Waals surface area contributed by atoms with Gasteiger partial charge >= 0.3 is 0 Å². The van der Waals surface area contributed by atoms with Crippen LogP contribution in [0.4, 0.5) is 0 Å². The molecule has 0 heteroatoms. The van der Waals surface area contributed by atoms with Gasteiger partial charge in [-0.15, -0.1) is 0 Å². The standard InChI is InChI=1S/C12H12/c1-2-6-8-4-3-7-5(1)9(6)12-10(7)11(8)12/h1-12H. The van der Waals surface area contributed by atoms with Gasteiger partial charge in [-0.05, 0) is 47.3 Å². The summed E-state index contributed by atoms with van der Waals surface area (Å²) in [5, 5.41) is 0. The summed E-state index contributed by atoms with van der Waals surface area (Å²) in [4.78, 5) is 0. The van der Waals surface area contributed by atoms with E-state index in [4.69, 9.17) is 0 Å². The maximum Gasteiger partial charge on any atom is -0.0130 e. The molecule has 0 N–H and O–H groups in total. The Balaban J connectivity index is 1.91. The summed E-state index contributed by atoms with van der Waals surface area (Å²) in [5.41, 5.74) is 0. The van der Waals surface area contributed by atoms with Crippen molar-refractivity contribution in [2.45, 2.75) is 0 Å². The molecule has 0 unspecified atom stereocenters. The number of hydrogen-bond donors (Lipinski definition) is 0. The molecule has 0 aliphatic heterocycles. The second kappa shape index (κ2) is 1.25. The third-order valence-corrected chi connectivity index (χ3v) is 5.41. The molecule has 0 aromatic carbocycles. The summed E-state index contributed by atoms with van der Waals surface area (Å²) in [7, 11) is 0. The number of hydrogen-bond acceptors (Lipinski definition) is 0. The van der Waals surface area contributed by atoms with Crippen molar-refractivity contribution in [3.63, 3.8) is 0 Å². The van der Waals surface area contributed by atoms with Crippen LogP contribution in [0.5, 0.6) is 0 Å². The maximum atomic E-state index is 2.56. The van der Waals surface area contributed by atoms with E-state index < -0.39 is 0 Å². The van der Waals surface area contributed by atoms with E-state index in [1.54, 1.807) is 0 Å². The smallest absolute Gasteiger partial charge is 0.0130 e. The van der Waals surface area contributed by atoms with Gasteiger partial charge in [-0.25, -0.2) is 0 Å². The lowest BCUT2D eigenvalue weighted by Crippen LogP contribution is -2.15. The minimum Gasteiger partial charge on any atom is -0.0842 e. The van der Waals surface area contributed by atoms with Crippen molar-refractivity contribution >= 4 is 0 Å². The van der Waals surface area contributed by atoms with Crippen molar-refractivity contribution in [2.24, 2.45) is 47.3 Å². The molecule has 0 saturated heterocycles. The highest BCUT2D eigenvalue weighted by molar-refractivity contribution is 5.38. The Labute approximate surface area is 72.3 Å². The first-order chi connectivity index (χ1) is 5.97. The molecule has 0 aromatic rings. The van der Waals surface area contributed by atoms with Crippen LogP contribution < -0.4 is 0 Å². The third-order valence-electron chi connectivity index (χ3n) is 5.41. The van der Waals surface area contributed by atoms with Crippen LogP contribution in [0, 0.1) is 47.3 Å². The second-order valence-corrected chi connectivity index (χ2v) is 5.39. The van der Waals surface area contributed by atoms with E-state index in [0.717, 1.165) is 41.4 Å². The summed E-state index contributed by atoms with van der Waals surface area (Å²) in [6.07, 6.45) is 10.2. The molecule has 0 aromatic heterocycles. The summed E-state index contributed by atoms with van der Waals surface area (Å²) in [6.45, 7) is 0. The van der Waals surface area contributed by atoms with E-state index in [1.165, 1.54) is 5.92 Å². The highest BCUT2D eigenvalue weighted by atomic mass is 14.8. The van der Waals surface area contributed by atoms with E-state index in [0.29, 0.717) is 0 Å². The van der Waals surface area contributed by atoms with Gasteiger partial charge in [0, 0.05) is 0 Å². The molecule has 5 aliphatic carbocycles. The van der Waals surface area contributed by atoms with Gasteiger partial charge in [-0.1, -0.05) is 24.3 Å².